The molecular formula is C22H26Cl2N4O2. The van der Waals surface area contributed by atoms with E-state index in [1.165, 1.54) is 11.9 Å². The molecule has 1 atom stereocenters. The van der Waals surface area contributed by atoms with Gasteiger partial charge < -0.3 is 19.8 Å². The number of nitrogens with one attached hydrogen (secondary N) is 2. The van der Waals surface area contributed by atoms with Crippen LogP contribution in [0.2, 0.25) is 0 Å². The van der Waals surface area contributed by atoms with E-state index in [0.29, 0.717) is 5.56 Å². The number of amidine groups is 1. The zero-order valence-corrected chi connectivity index (χ0v) is 18.1. The van der Waals surface area contributed by atoms with Crippen LogP contribution in [-0.2, 0) is 12.8 Å². The Labute approximate surface area is 188 Å². The summed E-state index contributed by atoms with van der Waals surface area (Å²) in [5.41, 5.74) is 8.31. The van der Waals surface area contributed by atoms with E-state index in [0.717, 1.165) is 54.8 Å². The molecule has 1 aliphatic heterocycles. The molecule has 1 aromatic heterocycles. The highest BCUT2D eigenvalue weighted by Gasteiger charge is 2.21. The number of rotatable bonds is 7. The molecule has 0 aliphatic carbocycles. The summed E-state index contributed by atoms with van der Waals surface area (Å²) in [6, 6.07) is 15.8. The summed E-state index contributed by atoms with van der Waals surface area (Å²) in [4.78, 5) is 1.96. The molecule has 0 spiro atoms. The van der Waals surface area contributed by atoms with Crippen molar-refractivity contribution in [3.05, 3.63) is 65.4 Å². The van der Waals surface area contributed by atoms with E-state index in [1.807, 2.05) is 41.3 Å². The number of nitrogens with two attached hydrogens (primary N) is 1. The van der Waals surface area contributed by atoms with E-state index in [9.17, 15) is 0 Å². The van der Waals surface area contributed by atoms with Crippen LogP contribution in [0.15, 0.2) is 52.9 Å². The quantitative estimate of drug-likeness (QED) is 0.368. The Morgan fingerprint density at radius 3 is 2.57 bits per heavy atom. The number of hydrogen-bond acceptors (Lipinski definition) is 4. The van der Waals surface area contributed by atoms with E-state index < -0.39 is 0 Å². The first-order chi connectivity index (χ1) is 13.6. The smallest absolute Gasteiger partial charge is 0.134 e. The molecule has 1 fully saturated rings. The molecule has 4 N–H and O–H groups in total. The molecule has 30 heavy (non-hydrogen) atoms. The minimum Gasteiger partial charge on any atom is -0.489 e. The summed E-state index contributed by atoms with van der Waals surface area (Å²) in [5, 5.41) is 15.8. The third-order valence-corrected chi connectivity index (χ3v) is 5.12. The Morgan fingerprint density at radius 1 is 1.13 bits per heavy atom. The van der Waals surface area contributed by atoms with Gasteiger partial charge >= 0.3 is 0 Å². The minimum atomic E-state index is 0. The number of ether oxygens (including phenoxy) is 1. The number of nitrogen functional groups attached to an aromatic ring is 1. The van der Waals surface area contributed by atoms with Crippen LogP contribution in [0.5, 0.6) is 5.75 Å². The van der Waals surface area contributed by atoms with Crippen molar-refractivity contribution in [1.82, 2.24) is 4.90 Å². The van der Waals surface area contributed by atoms with Gasteiger partial charge in [-0.25, -0.2) is 0 Å². The van der Waals surface area contributed by atoms with Crippen LogP contribution in [0.4, 0.5) is 0 Å². The van der Waals surface area contributed by atoms with Gasteiger partial charge in [-0.1, -0.05) is 12.1 Å². The maximum atomic E-state index is 7.54. The number of hydrogen-bond donors (Lipinski definition) is 3. The Morgan fingerprint density at radius 2 is 1.90 bits per heavy atom. The van der Waals surface area contributed by atoms with Gasteiger partial charge in [-0.2, -0.15) is 0 Å². The number of halogens is 2. The van der Waals surface area contributed by atoms with Crippen molar-refractivity contribution in [2.75, 3.05) is 13.1 Å². The minimum absolute atomic E-state index is 0. The molecule has 2 heterocycles. The maximum Gasteiger partial charge on any atom is 0.134 e. The predicted octanol–water partition coefficient (Wildman–Crippen LogP) is 4.41. The molecule has 1 aliphatic rings. The second-order valence-corrected chi connectivity index (χ2v) is 7.18. The number of nitrogens with zero attached hydrogens (tertiary/aromatic N) is 1. The molecule has 3 aromatic rings. The van der Waals surface area contributed by atoms with E-state index in [1.54, 1.807) is 0 Å². The van der Waals surface area contributed by atoms with E-state index in [-0.39, 0.29) is 36.8 Å². The number of benzene rings is 2. The van der Waals surface area contributed by atoms with Crippen molar-refractivity contribution in [1.29, 1.82) is 10.8 Å². The molecule has 1 saturated heterocycles. The van der Waals surface area contributed by atoms with Gasteiger partial charge in [0.1, 0.15) is 29.0 Å². The first-order valence-corrected chi connectivity index (χ1v) is 9.48. The zero-order valence-electron chi connectivity index (χ0n) is 16.5. The summed E-state index contributed by atoms with van der Waals surface area (Å²) < 4.78 is 11.9. The predicted molar refractivity (Wildman–Crippen MR) is 125 cm³/mol. The van der Waals surface area contributed by atoms with Crippen LogP contribution in [0, 0.1) is 10.8 Å². The lowest BCUT2D eigenvalue weighted by atomic mass is 10.1. The molecule has 0 saturated carbocycles. The van der Waals surface area contributed by atoms with Crippen LogP contribution >= 0.6 is 24.8 Å². The van der Waals surface area contributed by atoms with E-state index in [4.69, 9.17) is 25.7 Å². The third-order valence-electron chi connectivity index (χ3n) is 5.12. The second-order valence-electron chi connectivity index (χ2n) is 7.18. The fraction of sp³-hybridized carbons (Fsp3) is 0.273. The number of aryl methyl sites for hydroxylation is 2. The third kappa shape index (κ3) is 5.46. The summed E-state index contributed by atoms with van der Waals surface area (Å²) in [6.07, 6.45) is 4.18. The zero-order chi connectivity index (χ0) is 19.5. The topological polar surface area (TPSA) is 99.3 Å². The molecule has 0 unspecified atom stereocenters. The van der Waals surface area contributed by atoms with Crippen molar-refractivity contribution in [3.63, 3.8) is 0 Å². The fourth-order valence-electron chi connectivity index (χ4n) is 3.55. The lowest BCUT2D eigenvalue weighted by molar-refractivity contribution is 0.215. The lowest BCUT2D eigenvalue weighted by Crippen LogP contribution is -2.23. The number of fused-ring (bicyclic) bond motifs is 1. The van der Waals surface area contributed by atoms with Crippen LogP contribution in [0.1, 0.15) is 23.3 Å². The molecule has 8 heteroatoms. The van der Waals surface area contributed by atoms with Gasteiger partial charge in [0.15, 0.2) is 0 Å². The summed E-state index contributed by atoms with van der Waals surface area (Å²) in [5.74, 6) is 1.87. The van der Waals surface area contributed by atoms with Crippen LogP contribution in [0.25, 0.3) is 11.0 Å². The first-order valence-electron chi connectivity index (χ1n) is 9.48. The van der Waals surface area contributed by atoms with Gasteiger partial charge in [-0.3, -0.25) is 10.8 Å². The Kier molecular flexibility index (Phi) is 8.15. The standard InChI is InChI=1S/C22H24N4O2.2ClH/c23-14-26-10-9-20(13-26)27-18-5-1-15(2-6-18)3-7-19-12-17-11-16(22(24)25)4-8-21(17)28-19;;/h1-2,4-6,8,11-12,14,20,23H,3,7,9-10,13H2,(H3,24,25);2*1H/t20-;;/m0../s1. The van der Waals surface area contributed by atoms with Gasteiger partial charge in [0.05, 0.1) is 12.9 Å². The average Bonchev–Trinajstić information content (AvgIpc) is 3.33. The van der Waals surface area contributed by atoms with Crippen LogP contribution in [-0.4, -0.2) is 36.3 Å². The van der Waals surface area contributed by atoms with Gasteiger partial charge in [0, 0.05) is 30.3 Å². The molecule has 0 bridgehead atoms. The average molecular weight is 449 g/mol. The van der Waals surface area contributed by atoms with Crippen molar-refractivity contribution in [2.24, 2.45) is 5.73 Å². The first kappa shape index (κ1) is 23.6. The fourth-order valence-corrected chi connectivity index (χ4v) is 3.55. The molecule has 6 nitrogen and oxygen atoms in total. The number of likely N-dealkylation sites (tertiary alicyclic amines) is 1. The van der Waals surface area contributed by atoms with Gasteiger partial charge in [-0.05, 0) is 48.4 Å². The summed E-state index contributed by atoms with van der Waals surface area (Å²) in [7, 11) is 0. The van der Waals surface area contributed by atoms with E-state index >= 15 is 0 Å². The van der Waals surface area contributed by atoms with Crippen molar-refractivity contribution in [2.45, 2.75) is 25.4 Å². The monoisotopic (exact) mass is 448 g/mol. The highest BCUT2D eigenvalue weighted by Crippen LogP contribution is 2.23. The van der Waals surface area contributed by atoms with Crippen molar-refractivity contribution < 1.29 is 9.15 Å². The van der Waals surface area contributed by atoms with Crippen molar-refractivity contribution in [3.8, 4) is 5.75 Å². The molecule has 2 aromatic carbocycles. The Bertz CT molecular complexity index is 1000. The molecule has 4 rings (SSSR count). The van der Waals surface area contributed by atoms with Crippen LogP contribution in [0.3, 0.4) is 0 Å². The normalized spacial score (nSPS) is 15.3. The van der Waals surface area contributed by atoms with Gasteiger partial charge in [0.25, 0.3) is 0 Å². The molecule has 0 radical (unpaired) electrons. The van der Waals surface area contributed by atoms with Crippen LogP contribution < -0.4 is 10.5 Å². The summed E-state index contributed by atoms with van der Waals surface area (Å²) in [6.45, 7) is 1.67. The maximum absolute atomic E-state index is 7.54. The SMILES string of the molecule is Cl.Cl.N=CN1CC[C@H](Oc2ccc(CCc3cc4cc(C(=N)N)ccc4o3)cc2)C1. The highest BCUT2D eigenvalue weighted by molar-refractivity contribution is 5.98. The summed E-state index contributed by atoms with van der Waals surface area (Å²) >= 11 is 0. The van der Waals surface area contributed by atoms with Crippen molar-refractivity contribution >= 4 is 48.0 Å². The Balaban J connectivity index is 0.00000160. The lowest BCUT2D eigenvalue weighted by Gasteiger charge is -2.14. The highest BCUT2D eigenvalue weighted by atomic mass is 35.5. The van der Waals surface area contributed by atoms with Gasteiger partial charge in [-0.15, -0.1) is 24.8 Å². The second kappa shape index (κ2) is 10.4. The van der Waals surface area contributed by atoms with Gasteiger partial charge in [0.2, 0.25) is 0 Å². The number of furan rings is 1. The Hall–Kier alpha value is -2.70. The van der Waals surface area contributed by atoms with E-state index in [2.05, 4.69) is 12.1 Å². The molecular weight excluding hydrogens is 423 g/mol. The largest absolute Gasteiger partial charge is 0.489 e. The molecule has 160 valence electrons. The molecule has 0 amide bonds.